The molecule has 0 bridgehead atoms. The zero-order valence-electron chi connectivity index (χ0n) is 41.8. The van der Waals surface area contributed by atoms with E-state index in [1.165, 1.54) is 29.8 Å². The van der Waals surface area contributed by atoms with Crippen molar-refractivity contribution < 1.29 is 43.6 Å². The second kappa shape index (κ2) is 48.2. The van der Waals surface area contributed by atoms with Gasteiger partial charge in [-0.1, -0.05) is 121 Å². The molecule has 5 rings (SSSR count). The molecule has 5 aromatic carbocycles. The van der Waals surface area contributed by atoms with E-state index < -0.39 is 17.9 Å². The van der Waals surface area contributed by atoms with Gasteiger partial charge in [-0.25, -0.2) is 14.4 Å². The first-order chi connectivity index (χ1) is 36.4. The van der Waals surface area contributed by atoms with Crippen LogP contribution < -0.4 is 11.1 Å². The van der Waals surface area contributed by atoms with Crippen LogP contribution in [-0.2, 0) is 45.3 Å². The van der Waals surface area contributed by atoms with E-state index in [0.29, 0.717) is 70.5 Å². The van der Waals surface area contributed by atoms with Crippen molar-refractivity contribution in [1.82, 2.24) is 5.32 Å². The van der Waals surface area contributed by atoms with Gasteiger partial charge in [0.25, 0.3) is 0 Å². The van der Waals surface area contributed by atoms with E-state index in [0.717, 1.165) is 64.5 Å². The van der Waals surface area contributed by atoms with Gasteiger partial charge in [0.05, 0.1) is 36.6 Å². The van der Waals surface area contributed by atoms with Gasteiger partial charge in [0.1, 0.15) is 0 Å². The number of hydrogen-bond acceptors (Lipinski definition) is 10. The van der Waals surface area contributed by atoms with Crippen molar-refractivity contribution in [3.05, 3.63) is 219 Å². The Kier molecular flexibility index (Phi) is 44.6. The standard InChI is InChI=1S/C12H17FN4.C9H9BrO2.2C9H9N3O2.C9H11N3O.C3H8FN.ClH/c13-7-1-8-15-10-12-4-2-11(3-5-12)6-9-16-17-14;10-6-5-7-1-3-8(4-2-7)9(11)12;2*10-12-11-6-5-7-1-3-8(4-2-7)9(13)14;10-12-11-6-5-8-1-3-9(7-13)4-2-8;4-2-1-3-5;/h2-5,15H,1,6-10H2;1-4H,5-6H2,(H,11,12);2*1-4H,5-6H2,(H,13,14);1-4,13H,5-7H2;1-3,5H2;1H. The molecule has 21 nitrogen and oxygen atoms in total. The molecule has 0 aliphatic heterocycles. The fourth-order valence-corrected chi connectivity index (χ4v) is 6.04. The van der Waals surface area contributed by atoms with E-state index in [9.17, 15) is 23.2 Å². The SMILES string of the molecule is Cl.NCCCF.O=C(O)c1ccc(CCBr)cc1.[N-]=[N+]=NCCc1ccc(C(=O)O)cc1.[N-]=[N+]=NCCc1ccc(C(=O)O)cc1.[N-]=[N+]=NCCc1ccc(CNCCCF)cc1.[N-]=[N+]=NCCc1ccc(CO)cc1. The molecule has 25 heteroatoms. The Labute approximate surface area is 454 Å². The number of alkyl halides is 3. The number of aliphatic hydroxyl groups is 1. The molecule has 5 aromatic rings. The number of carbonyl (C=O) groups is 3. The summed E-state index contributed by atoms with van der Waals surface area (Å²) in [5.41, 5.74) is 45.5. The number of aromatic carboxylic acids is 3. The highest BCUT2D eigenvalue weighted by molar-refractivity contribution is 9.09. The summed E-state index contributed by atoms with van der Waals surface area (Å²) in [6.07, 6.45) is 4.76. The fourth-order valence-electron chi connectivity index (χ4n) is 5.58. The second-order valence-electron chi connectivity index (χ2n) is 15.1. The van der Waals surface area contributed by atoms with Crippen LogP contribution in [-0.4, -0.2) is 96.3 Å². The van der Waals surface area contributed by atoms with Gasteiger partial charge in [0.15, 0.2) is 0 Å². The summed E-state index contributed by atoms with van der Waals surface area (Å²) in [5, 5.41) is 52.4. The number of hydrogen-bond donors (Lipinski definition) is 6. The van der Waals surface area contributed by atoms with Crippen molar-refractivity contribution in [2.45, 2.75) is 58.1 Å². The highest BCUT2D eigenvalue weighted by Crippen LogP contribution is 2.09. The number of carboxylic acids is 3. The predicted molar refractivity (Wildman–Crippen MR) is 297 cm³/mol. The lowest BCUT2D eigenvalue weighted by atomic mass is 10.1. The number of carboxylic acid groups (broad SMARTS) is 3. The smallest absolute Gasteiger partial charge is 0.335 e. The Morgan fingerprint density at radius 2 is 0.763 bits per heavy atom. The third kappa shape index (κ3) is 37.1. The average molecular weight is 1140 g/mol. The fraction of sp³-hybridized carbons (Fsp3) is 0.353. The molecule has 0 aliphatic rings. The lowest BCUT2D eigenvalue weighted by molar-refractivity contribution is 0.0686. The van der Waals surface area contributed by atoms with Gasteiger partial charge in [-0.05, 0) is 156 Å². The summed E-state index contributed by atoms with van der Waals surface area (Å²) >= 11 is 3.32. The van der Waals surface area contributed by atoms with Crippen LogP contribution in [0.2, 0.25) is 0 Å². The Bertz CT molecular complexity index is 2470. The van der Waals surface area contributed by atoms with Gasteiger partial charge in [-0.3, -0.25) is 8.78 Å². The van der Waals surface area contributed by atoms with Crippen molar-refractivity contribution in [2.75, 3.05) is 57.9 Å². The molecular weight excluding hydrogens is 1070 g/mol. The number of halogens is 4. The minimum Gasteiger partial charge on any atom is -0.478 e. The van der Waals surface area contributed by atoms with Gasteiger partial charge in [-0.15, -0.1) is 12.4 Å². The third-order valence-corrected chi connectivity index (χ3v) is 10.0. The monoisotopic (exact) mass is 1140 g/mol. The minimum absolute atomic E-state index is 0. The lowest BCUT2D eigenvalue weighted by Gasteiger charge is -2.04. The summed E-state index contributed by atoms with van der Waals surface area (Å²) < 4.78 is 22.8. The maximum atomic E-state index is 11.8. The maximum Gasteiger partial charge on any atom is 0.335 e. The quantitative estimate of drug-likeness (QED) is 0.0106. The van der Waals surface area contributed by atoms with E-state index in [2.05, 4.69) is 61.4 Å². The van der Waals surface area contributed by atoms with Crippen LogP contribution in [0.5, 0.6) is 0 Å². The molecule has 0 aromatic heterocycles. The van der Waals surface area contributed by atoms with Crippen molar-refractivity contribution >= 4 is 46.2 Å². The Hall–Kier alpha value is -7.74. The Balaban J connectivity index is 0. The van der Waals surface area contributed by atoms with Crippen LogP contribution >= 0.6 is 28.3 Å². The normalized spacial score (nSPS) is 9.28. The maximum absolute atomic E-state index is 11.8. The number of nitrogens with one attached hydrogen (secondary N) is 1. The van der Waals surface area contributed by atoms with E-state index in [4.69, 9.17) is 48.3 Å². The van der Waals surface area contributed by atoms with Gasteiger partial charge in [0, 0.05) is 57.7 Å². The first kappa shape index (κ1) is 70.3. The molecule has 0 saturated carbocycles. The molecule has 76 heavy (non-hydrogen) atoms. The molecule has 0 fully saturated rings. The molecule has 0 atom stereocenters. The molecular formula is C51H64BrClF2N14O7. The third-order valence-electron chi connectivity index (χ3n) is 9.62. The second-order valence-corrected chi connectivity index (χ2v) is 15.9. The number of rotatable bonds is 25. The largest absolute Gasteiger partial charge is 0.478 e. The molecule has 408 valence electrons. The number of nitrogens with two attached hydrogens (primary N) is 1. The highest BCUT2D eigenvalue weighted by atomic mass is 79.9. The van der Waals surface area contributed by atoms with Crippen LogP contribution in [0.4, 0.5) is 8.78 Å². The molecule has 0 spiro atoms. The van der Waals surface area contributed by atoms with Gasteiger partial charge >= 0.3 is 17.9 Å². The zero-order valence-corrected chi connectivity index (χ0v) is 44.2. The first-order valence-corrected chi connectivity index (χ1v) is 24.3. The van der Waals surface area contributed by atoms with Crippen LogP contribution in [0, 0.1) is 0 Å². The Morgan fingerprint density at radius 3 is 1.00 bits per heavy atom. The summed E-state index contributed by atoms with van der Waals surface area (Å²) in [4.78, 5) is 42.1. The predicted octanol–water partition coefficient (Wildman–Crippen LogP) is 12.5. The number of aryl methyl sites for hydroxylation is 1. The van der Waals surface area contributed by atoms with Gasteiger partial charge in [-0.2, -0.15) is 0 Å². The van der Waals surface area contributed by atoms with Crippen LogP contribution in [0.1, 0.15) is 82.9 Å². The molecule has 0 saturated heterocycles. The Morgan fingerprint density at radius 1 is 0.487 bits per heavy atom. The van der Waals surface area contributed by atoms with Crippen molar-refractivity contribution in [3.63, 3.8) is 0 Å². The van der Waals surface area contributed by atoms with E-state index >= 15 is 0 Å². The molecule has 0 heterocycles. The van der Waals surface area contributed by atoms with Gasteiger partial charge in [0.2, 0.25) is 0 Å². The van der Waals surface area contributed by atoms with Crippen molar-refractivity contribution in [2.24, 2.45) is 26.2 Å². The van der Waals surface area contributed by atoms with E-state index in [1.807, 2.05) is 60.7 Å². The molecule has 0 amide bonds. The number of aliphatic hydroxyl groups excluding tert-OH is 1. The van der Waals surface area contributed by atoms with Crippen LogP contribution in [0.25, 0.3) is 41.8 Å². The summed E-state index contributed by atoms with van der Waals surface area (Å²) in [6.45, 7) is 3.20. The number of benzene rings is 5. The molecule has 7 N–H and O–H groups in total. The zero-order chi connectivity index (χ0) is 55.7. The van der Waals surface area contributed by atoms with Crippen LogP contribution in [0.3, 0.4) is 0 Å². The molecule has 0 unspecified atom stereocenters. The van der Waals surface area contributed by atoms with E-state index in [-0.39, 0.29) is 43.5 Å². The summed E-state index contributed by atoms with van der Waals surface area (Å²) in [7, 11) is 0. The lowest BCUT2D eigenvalue weighted by Crippen LogP contribution is -2.15. The summed E-state index contributed by atoms with van der Waals surface area (Å²) in [6, 6.07) is 35.7. The summed E-state index contributed by atoms with van der Waals surface area (Å²) in [5.74, 6) is -2.75. The average Bonchev–Trinajstić information content (AvgIpc) is 3.42. The van der Waals surface area contributed by atoms with Crippen molar-refractivity contribution in [1.29, 1.82) is 0 Å². The highest BCUT2D eigenvalue weighted by Gasteiger charge is 2.03. The van der Waals surface area contributed by atoms with E-state index in [1.54, 1.807) is 36.4 Å². The number of nitrogens with zero attached hydrogens (tertiary/aromatic N) is 12. The topological polar surface area (TPSA) is 365 Å². The number of azide groups is 4. The molecule has 0 aliphatic carbocycles. The molecule has 0 radical (unpaired) electrons. The first-order valence-electron chi connectivity index (χ1n) is 23.2. The van der Waals surface area contributed by atoms with Gasteiger partial charge < -0.3 is 31.5 Å². The van der Waals surface area contributed by atoms with Crippen molar-refractivity contribution in [3.8, 4) is 0 Å². The van der Waals surface area contributed by atoms with Crippen LogP contribution in [0.15, 0.2) is 142 Å². The minimum atomic E-state index is -0.938.